The number of hydrogen-bond donors (Lipinski definition) is 3. The predicted octanol–water partition coefficient (Wildman–Crippen LogP) is 2.56. The Hall–Kier alpha value is -1.70. The molecule has 1 aliphatic carbocycles. The minimum Gasteiger partial charge on any atom is -0.378 e. The Kier molecular flexibility index (Phi) is 8.51. The second-order valence-electron chi connectivity index (χ2n) is 7.91. The Morgan fingerprint density at radius 3 is 2.86 bits per heavy atom. The molecule has 1 saturated heterocycles. The first-order valence-corrected chi connectivity index (χ1v) is 10.7. The molecule has 1 saturated carbocycles. The molecule has 7 nitrogen and oxygen atoms in total. The van der Waals surface area contributed by atoms with Crippen LogP contribution in [-0.2, 0) is 14.4 Å². The molecule has 0 bridgehead atoms. The molecule has 2 unspecified atom stereocenters. The number of aliphatic imine (C=N–C) groups is 1. The van der Waals surface area contributed by atoms with Crippen LogP contribution in [0.25, 0.3) is 0 Å². The molecule has 0 spiro atoms. The molecule has 2 aliphatic heterocycles. The summed E-state index contributed by atoms with van der Waals surface area (Å²) in [5, 5.41) is 6.92. The van der Waals surface area contributed by atoms with Crippen molar-refractivity contribution in [3.63, 3.8) is 0 Å². The van der Waals surface area contributed by atoms with Crippen LogP contribution < -0.4 is 16.1 Å². The Morgan fingerprint density at radius 1 is 1.32 bits per heavy atom. The van der Waals surface area contributed by atoms with E-state index in [2.05, 4.69) is 28.0 Å². The van der Waals surface area contributed by atoms with E-state index in [4.69, 9.17) is 9.57 Å². The SMILES string of the molecule is CC(NCC1=NC=C(/C=C/C(=O)NOC2CCCCO2)NC1)C1CCCCC1. The average molecular weight is 391 g/mol. The van der Waals surface area contributed by atoms with Gasteiger partial charge >= 0.3 is 0 Å². The van der Waals surface area contributed by atoms with E-state index in [1.54, 1.807) is 12.3 Å². The summed E-state index contributed by atoms with van der Waals surface area (Å²) in [5.74, 6) is 0.481. The number of nitrogens with zero attached hydrogens (tertiary/aromatic N) is 1. The van der Waals surface area contributed by atoms with Crippen LogP contribution in [0.15, 0.2) is 29.0 Å². The quantitative estimate of drug-likeness (QED) is 0.438. The van der Waals surface area contributed by atoms with Gasteiger partial charge in [-0.3, -0.25) is 9.79 Å². The molecular weight excluding hydrogens is 356 g/mol. The third kappa shape index (κ3) is 7.04. The van der Waals surface area contributed by atoms with Crippen molar-refractivity contribution in [2.24, 2.45) is 10.9 Å². The third-order valence-corrected chi connectivity index (χ3v) is 5.71. The van der Waals surface area contributed by atoms with Crippen LogP contribution in [0.4, 0.5) is 0 Å². The van der Waals surface area contributed by atoms with E-state index >= 15 is 0 Å². The molecular formula is C21H34N4O3. The minimum absolute atomic E-state index is 0.311. The summed E-state index contributed by atoms with van der Waals surface area (Å²) in [5.41, 5.74) is 4.31. The fourth-order valence-electron chi connectivity index (χ4n) is 3.87. The van der Waals surface area contributed by atoms with Gasteiger partial charge in [-0.05, 0) is 44.6 Å². The van der Waals surface area contributed by atoms with E-state index in [0.717, 1.165) is 43.1 Å². The number of nitrogens with one attached hydrogen (secondary N) is 3. The van der Waals surface area contributed by atoms with Gasteiger partial charge < -0.3 is 15.4 Å². The average Bonchev–Trinajstić information content (AvgIpc) is 2.76. The molecule has 7 heteroatoms. The molecule has 2 atom stereocenters. The first-order chi connectivity index (χ1) is 13.7. The summed E-state index contributed by atoms with van der Waals surface area (Å²) >= 11 is 0. The lowest BCUT2D eigenvalue weighted by atomic mass is 9.84. The summed E-state index contributed by atoms with van der Waals surface area (Å²) in [7, 11) is 0. The number of rotatable bonds is 8. The van der Waals surface area contributed by atoms with Crippen molar-refractivity contribution in [1.82, 2.24) is 16.1 Å². The number of carbonyl (C=O) groups is 1. The van der Waals surface area contributed by atoms with Crippen molar-refractivity contribution in [3.05, 3.63) is 24.0 Å². The molecule has 0 aromatic carbocycles. The molecule has 3 rings (SSSR count). The second-order valence-corrected chi connectivity index (χ2v) is 7.91. The molecule has 0 aromatic heterocycles. The Morgan fingerprint density at radius 2 is 2.14 bits per heavy atom. The molecule has 3 N–H and O–H groups in total. The van der Waals surface area contributed by atoms with Gasteiger partial charge in [-0.2, -0.15) is 0 Å². The van der Waals surface area contributed by atoms with E-state index < -0.39 is 0 Å². The lowest BCUT2D eigenvalue weighted by molar-refractivity contribution is -0.198. The van der Waals surface area contributed by atoms with Gasteiger partial charge in [0.1, 0.15) is 0 Å². The Balaban J connectivity index is 1.36. The molecule has 2 fully saturated rings. The van der Waals surface area contributed by atoms with Crippen molar-refractivity contribution < 1.29 is 14.4 Å². The zero-order valence-corrected chi connectivity index (χ0v) is 16.9. The third-order valence-electron chi connectivity index (χ3n) is 5.71. The summed E-state index contributed by atoms with van der Waals surface area (Å²) in [4.78, 5) is 21.6. The van der Waals surface area contributed by atoms with Crippen molar-refractivity contribution in [2.45, 2.75) is 70.6 Å². The van der Waals surface area contributed by atoms with Gasteiger partial charge in [0.25, 0.3) is 5.91 Å². The summed E-state index contributed by atoms with van der Waals surface area (Å²) in [6.45, 7) is 4.46. The van der Waals surface area contributed by atoms with Crippen LogP contribution in [0.3, 0.4) is 0 Å². The molecule has 156 valence electrons. The van der Waals surface area contributed by atoms with Gasteiger partial charge in [0.05, 0.1) is 24.2 Å². The highest BCUT2D eigenvalue weighted by atomic mass is 16.8. The van der Waals surface area contributed by atoms with Crippen molar-refractivity contribution >= 4 is 11.6 Å². The van der Waals surface area contributed by atoms with Gasteiger partial charge in [0.15, 0.2) is 6.29 Å². The van der Waals surface area contributed by atoms with Crippen LogP contribution in [0.1, 0.15) is 58.3 Å². The highest BCUT2D eigenvalue weighted by Crippen LogP contribution is 2.26. The smallest absolute Gasteiger partial charge is 0.267 e. The van der Waals surface area contributed by atoms with Gasteiger partial charge in [-0.1, -0.05) is 19.3 Å². The second kappa shape index (κ2) is 11.3. The maximum absolute atomic E-state index is 11.8. The molecule has 0 radical (unpaired) electrons. The molecule has 0 aromatic rings. The lowest BCUT2D eigenvalue weighted by Crippen LogP contribution is -2.40. The zero-order chi connectivity index (χ0) is 19.6. The zero-order valence-electron chi connectivity index (χ0n) is 16.9. The minimum atomic E-state index is -0.339. The predicted molar refractivity (Wildman–Crippen MR) is 110 cm³/mol. The highest BCUT2D eigenvalue weighted by Gasteiger charge is 2.20. The molecule has 1 amide bonds. The van der Waals surface area contributed by atoms with E-state index in [9.17, 15) is 4.79 Å². The van der Waals surface area contributed by atoms with E-state index in [1.165, 1.54) is 38.2 Å². The standard InChI is InChI=1S/C21H34N4O3/c1-16(17-7-3-2-4-8-17)22-14-19-15-23-18(13-24-19)10-11-20(26)25-28-21-9-5-6-12-27-21/h10-11,13,16-17,21-23H,2-9,12,14-15H2,1H3,(H,25,26)/b11-10+. The van der Waals surface area contributed by atoms with Gasteiger partial charge in [-0.15, -0.1) is 0 Å². The maximum atomic E-state index is 11.8. The maximum Gasteiger partial charge on any atom is 0.267 e. The summed E-state index contributed by atoms with van der Waals surface area (Å²) < 4.78 is 5.40. The summed E-state index contributed by atoms with van der Waals surface area (Å²) in [6, 6.07) is 0.533. The van der Waals surface area contributed by atoms with Crippen molar-refractivity contribution in [3.8, 4) is 0 Å². The van der Waals surface area contributed by atoms with Crippen LogP contribution in [0.2, 0.25) is 0 Å². The fourth-order valence-corrected chi connectivity index (χ4v) is 3.87. The monoisotopic (exact) mass is 390 g/mol. The van der Waals surface area contributed by atoms with Crippen LogP contribution in [0, 0.1) is 5.92 Å². The van der Waals surface area contributed by atoms with E-state index in [1.807, 2.05) is 0 Å². The van der Waals surface area contributed by atoms with Gasteiger partial charge in [-0.25, -0.2) is 10.3 Å². The Labute approximate surface area is 168 Å². The lowest BCUT2D eigenvalue weighted by Gasteiger charge is -2.28. The van der Waals surface area contributed by atoms with E-state index in [0.29, 0.717) is 19.2 Å². The van der Waals surface area contributed by atoms with Crippen LogP contribution >= 0.6 is 0 Å². The molecule has 3 aliphatic rings. The first-order valence-electron chi connectivity index (χ1n) is 10.7. The van der Waals surface area contributed by atoms with Gasteiger partial charge in [0.2, 0.25) is 0 Å². The number of hydroxylamine groups is 1. The normalized spacial score (nSPS) is 25.0. The fraction of sp³-hybridized carbons (Fsp3) is 0.714. The molecule has 28 heavy (non-hydrogen) atoms. The summed E-state index contributed by atoms with van der Waals surface area (Å²) in [6.07, 6.45) is 14.3. The van der Waals surface area contributed by atoms with Crippen molar-refractivity contribution in [1.29, 1.82) is 0 Å². The largest absolute Gasteiger partial charge is 0.378 e. The highest BCUT2D eigenvalue weighted by molar-refractivity contribution is 5.90. The number of allylic oxidation sites excluding steroid dienone is 1. The Bertz CT molecular complexity index is 590. The number of ether oxygens (including phenoxy) is 1. The van der Waals surface area contributed by atoms with Gasteiger partial charge in [0, 0.05) is 31.7 Å². The first kappa shape index (κ1) is 21.0. The molecule has 2 heterocycles. The number of amides is 1. The number of hydrogen-bond acceptors (Lipinski definition) is 6. The van der Waals surface area contributed by atoms with E-state index in [-0.39, 0.29) is 12.2 Å². The van der Waals surface area contributed by atoms with Crippen LogP contribution in [-0.4, -0.2) is 43.6 Å². The van der Waals surface area contributed by atoms with Crippen molar-refractivity contribution in [2.75, 3.05) is 19.7 Å². The number of carbonyl (C=O) groups excluding carboxylic acids is 1. The topological polar surface area (TPSA) is 84.0 Å². The van der Waals surface area contributed by atoms with Crippen LogP contribution in [0.5, 0.6) is 0 Å².